The number of amides is 1. The van der Waals surface area contributed by atoms with E-state index in [4.69, 9.17) is 17.0 Å². The highest BCUT2D eigenvalue weighted by molar-refractivity contribution is 7.80. The van der Waals surface area contributed by atoms with E-state index in [9.17, 15) is 9.18 Å². The minimum atomic E-state index is -0.308. The molecule has 142 valence electrons. The van der Waals surface area contributed by atoms with E-state index in [1.54, 1.807) is 36.4 Å². The molecule has 1 aliphatic rings. The summed E-state index contributed by atoms with van der Waals surface area (Å²) in [4.78, 5) is 12.3. The molecule has 0 aliphatic heterocycles. The Morgan fingerprint density at radius 2 is 1.85 bits per heavy atom. The molecule has 0 spiro atoms. The zero-order valence-corrected chi connectivity index (χ0v) is 15.7. The number of hydrogen-bond donors (Lipinski definition) is 3. The summed E-state index contributed by atoms with van der Waals surface area (Å²) in [7, 11) is 0. The van der Waals surface area contributed by atoms with Crippen LogP contribution in [0.3, 0.4) is 0 Å². The van der Waals surface area contributed by atoms with Crippen molar-refractivity contribution in [3.63, 3.8) is 0 Å². The summed E-state index contributed by atoms with van der Waals surface area (Å²) in [5.41, 5.74) is 6.62. The van der Waals surface area contributed by atoms with Gasteiger partial charge in [0.15, 0.2) is 5.11 Å². The van der Waals surface area contributed by atoms with Gasteiger partial charge in [0.25, 0.3) is 5.91 Å². The van der Waals surface area contributed by atoms with Crippen LogP contribution in [0.25, 0.3) is 0 Å². The first-order valence-corrected chi connectivity index (χ1v) is 9.35. The quantitative estimate of drug-likeness (QED) is 0.542. The minimum absolute atomic E-state index is 0.287. The zero-order chi connectivity index (χ0) is 19.1. The Hall–Kier alpha value is -2.67. The van der Waals surface area contributed by atoms with Crippen molar-refractivity contribution in [1.82, 2.24) is 16.2 Å². The summed E-state index contributed by atoms with van der Waals surface area (Å²) in [5, 5.41) is 3.61. The molecule has 1 fully saturated rings. The number of carbonyl (C=O) groups is 1. The maximum absolute atomic E-state index is 12.9. The predicted molar refractivity (Wildman–Crippen MR) is 106 cm³/mol. The summed E-state index contributed by atoms with van der Waals surface area (Å²) in [6, 6.07) is 13.3. The fraction of sp³-hybridized carbons (Fsp3) is 0.300. The van der Waals surface area contributed by atoms with Crippen molar-refractivity contribution < 1.29 is 13.9 Å². The molecule has 0 heterocycles. The lowest BCUT2D eigenvalue weighted by atomic mass is 10.2. The number of rotatable bonds is 5. The van der Waals surface area contributed by atoms with Gasteiger partial charge in [-0.05, 0) is 61.0 Å². The van der Waals surface area contributed by atoms with Gasteiger partial charge in [-0.1, -0.05) is 31.0 Å². The maximum Gasteiger partial charge on any atom is 0.269 e. The van der Waals surface area contributed by atoms with Crippen molar-refractivity contribution in [2.75, 3.05) is 0 Å². The first kappa shape index (κ1) is 19.1. The summed E-state index contributed by atoms with van der Waals surface area (Å²) < 4.78 is 18.6. The molecule has 27 heavy (non-hydrogen) atoms. The lowest BCUT2D eigenvalue weighted by Gasteiger charge is -2.16. The van der Waals surface area contributed by atoms with Gasteiger partial charge in [-0.25, -0.2) is 4.39 Å². The fourth-order valence-corrected chi connectivity index (χ4v) is 3.17. The first-order valence-electron chi connectivity index (χ1n) is 8.94. The van der Waals surface area contributed by atoms with Crippen LogP contribution in [-0.4, -0.2) is 17.1 Å². The highest BCUT2D eigenvalue weighted by Crippen LogP contribution is 2.17. The van der Waals surface area contributed by atoms with Gasteiger partial charge in [-0.15, -0.1) is 0 Å². The molecule has 2 aromatic carbocycles. The van der Waals surface area contributed by atoms with Gasteiger partial charge in [0.2, 0.25) is 0 Å². The Morgan fingerprint density at radius 3 is 2.59 bits per heavy atom. The zero-order valence-electron chi connectivity index (χ0n) is 14.8. The number of carbonyl (C=O) groups excluding carboxylic acids is 1. The van der Waals surface area contributed by atoms with Gasteiger partial charge in [0, 0.05) is 11.6 Å². The third-order valence-electron chi connectivity index (χ3n) is 4.39. The molecule has 7 heteroatoms. The Labute approximate surface area is 163 Å². The Kier molecular flexibility index (Phi) is 6.59. The van der Waals surface area contributed by atoms with Crippen molar-refractivity contribution in [1.29, 1.82) is 0 Å². The lowest BCUT2D eigenvalue weighted by Crippen LogP contribution is -2.49. The van der Waals surface area contributed by atoms with E-state index in [0.717, 1.165) is 18.4 Å². The van der Waals surface area contributed by atoms with Crippen molar-refractivity contribution >= 4 is 23.2 Å². The van der Waals surface area contributed by atoms with E-state index in [0.29, 0.717) is 29.1 Å². The van der Waals surface area contributed by atoms with Crippen LogP contribution < -0.4 is 20.9 Å². The summed E-state index contributed by atoms with van der Waals surface area (Å²) >= 11 is 5.20. The van der Waals surface area contributed by atoms with E-state index < -0.39 is 0 Å². The van der Waals surface area contributed by atoms with Gasteiger partial charge in [0.05, 0.1) is 0 Å². The van der Waals surface area contributed by atoms with E-state index >= 15 is 0 Å². The van der Waals surface area contributed by atoms with Crippen LogP contribution in [0, 0.1) is 5.82 Å². The molecule has 0 saturated heterocycles. The van der Waals surface area contributed by atoms with Crippen LogP contribution in [0.15, 0.2) is 48.5 Å². The minimum Gasteiger partial charge on any atom is -0.489 e. The molecule has 3 rings (SSSR count). The van der Waals surface area contributed by atoms with Crippen molar-refractivity contribution in [3.05, 3.63) is 65.5 Å². The monoisotopic (exact) mass is 387 g/mol. The molecule has 0 bridgehead atoms. The number of ether oxygens (including phenoxy) is 1. The van der Waals surface area contributed by atoms with E-state index in [1.807, 2.05) is 0 Å². The van der Waals surface area contributed by atoms with Gasteiger partial charge in [-0.2, -0.15) is 0 Å². The van der Waals surface area contributed by atoms with Crippen LogP contribution in [0.2, 0.25) is 0 Å². The van der Waals surface area contributed by atoms with Crippen LogP contribution in [-0.2, 0) is 6.61 Å². The van der Waals surface area contributed by atoms with E-state index in [2.05, 4.69) is 16.2 Å². The second-order valence-electron chi connectivity index (χ2n) is 6.48. The lowest BCUT2D eigenvalue weighted by molar-refractivity contribution is 0.0943. The highest BCUT2D eigenvalue weighted by Gasteiger charge is 2.15. The molecule has 0 atom stereocenters. The van der Waals surface area contributed by atoms with E-state index in [-0.39, 0.29) is 11.7 Å². The molecule has 3 N–H and O–H groups in total. The average molecular weight is 387 g/mol. The second kappa shape index (κ2) is 9.32. The number of benzene rings is 2. The van der Waals surface area contributed by atoms with Gasteiger partial charge >= 0.3 is 0 Å². The third-order valence-corrected chi connectivity index (χ3v) is 4.61. The topological polar surface area (TPSA) is 62.4 Å². The largest absolute Gasteiger partial charge is 0.489 e. The average Bonchev–Trinajstić information content (AvgIpc) is 3.19. The van der Waals surface area contributed by atoms with Crippen LogP contribution in [0.1, 0.15) is 41.6 Å². The molecular weight excluding hydrogens is 365 g/mol. The smallest absolute Gasteiger partial charge is 0.269 e. The third kappa shape index (κ3) is 5.92. The van der Waals surface area contributed by atoms with Crippen LogP contribution in [0.4, 0.5) is 4.39 Å². The summed E-state index contributed by atoms with van der Waals surface area (Å²) in [6.07, 6.45) is 4.61. The van der Waals surface area contributed by atoms with Crippen molar-refractivity contribution in [2.24, 2.45) is 0 Å². The second-order valence-corrected chi connectivity index (χ2v) is 6.89. The molecule has 2 aromatic rings. The molecule has 0 aromatic heterocycles. The molecule has 0 unspecified atom stereocenters. The Morgan fingerprint density at radius 1 is 1.11 bits per heavy atom. The number of nitrogens with one attached hydrogen (secondary N) is 3. The van der Waals surface area contributed by atoms with Gasteiger partial charge in [0.1, 0.15) is 18.2 Å². The molecular formula is C20H22FN3O2S. The SMILES string of the molecule is O=C(NNC(=S)NC1CCCC1)c1cccc(OCc2ccc(F)cc2)c1. The number of hydrazine groups is 1. The number of thiocarbonyl (C=S) groups is 1. The summed E-state index contributed by atoms with van der Waals surface area (Å²) in [5.74, 6) is -0.0401. The molecule has 0 radical (unpaired) electrons. The number of hydrogen-bond acceptors (Lipinski definition) is 3. The highest BCUT2D eigenvalue weighted by atomic mass is 32.1. The van der Waals surface area contributed by atoms with Crippen LogP contribution >= 0.6 is 12.2 Å². The van der Waals surface area contributed by atoms with E-state index in [1.165, 1.54) is 25.0 Å². The Balaban J connectivity index is 1.48. The standard InChI is InChI=1S/C20H22FN3O2S/c21-16-10-8-14(9-11-16)13-26-18-7-3-4-15(12-18)19(25)23-24-20(27)22-17-5-1-2-6-17/h3-4,7-12,17H,1-2,5-6,13H2,(H,23,25)(H2,22,24,27). The normalized spacial score (nSPS) is 13.8. The molecule has 5 nitrogen and oxygen atoms in total. The molecule has 1 aliphatic carbocycles. The number of halogens is 1. The summed E-state index contributed by atoms with van der Waals surface area (Å²) in [6.45, 7) is 0.291. The van der Waals surface area contributed by atoms with Crippen molar-refractivity contribution in [2.45, 2.75) is 38.3 Å². The van der Waals surface area contributed by atoms with Gasteiger partial charge in [-0.3, -0.25) is 15.6 Å². The Bertz CT molecular complexity index is 792. The maximum atomic E-state index is 12.9. The predicted octanol–water partition coefficient (Wildman–Crippen LogP) is 3.46. The molecule has 1 saturated carbocycles. The first-order chi connectivity index (χ1) is 13.1. The fourth-order valence-electron chi connectivity index (χ4n) is 2.95. The molecule has 1 amide bonds. The van der Waals surface area contributed by atoms with Crippen LogP contribution in [0.5, 0.6) is 5.75 Å². The van der Waals surface area contributed by atoms with Gasteiger partial charge < -0.3 is 10.1 Å². The van der Waals surface area contributed by atoms with Crippen molar-refractivity contribution in [3.8, 4) is 5.75 Å².